The van der Waals surface area contributed by atoms with Gasteiger partial charge in [-0.05, 0) is 37.1 Å². The minimum Gasteiger partial charge on any atom is -0.348 e. The third-order valence-corrected chi connectivity index (χ3v) is 6.30. The molecule has 0 aliphatic carbocycles. The zero-order valence-electron chi connectivity index (χ0n) is 17.6. The van der Waals surface area contributed by atoms with E-state index in [0.29, 0.717) is 18.1 Å². The molecule has 1 aromatic heterocycles. The van der Waals surface area contributed by atoms with Crippen molar-refractivity contribution in [1.82, 2.24) is 19.1 Å². The molecule has 2 amide bonds. The number of carbonyl (C=O) groups is 2. The number of aromatic nitrogens is 1. The Hall–Kier alpha value is -2.43. The molecule has 1 aliphatic heterocycles. The number of benzene rings is 1. The molecule has 3 rings (SSSR count). The smallest absolute Gasteiger partial charge is 0.271 e. The van der Waals surface area contributed by atoms with Crippen molar-refractivity contribution in [3.63, 3.8) is 0 Å². The van der Waals surface area contributed by atoms with E-state index in [-0.39, 0.29) is 25.3 Å². The molecule has 0 atom stereocenters. The summed E-state index contributed by atoms with van der Waals surface area (Å²) in [6.07, 6.45) is -1.13. The Morgan fingerprint density at radius 3 is 2.56 bits per heavy atom. The summed E-state index contributed by atoms with van der Waals surface area (Å²) in [5, 5.41) is 3.10. The van der Waals surface area contributed by atoms with E-state index in [9.17, 15) is 23.2 Å². The molecule has 1 aromatic carbocycles. The van der Waals surface area contributed by atoms with Crippen LogP contribution in [-0.2, 0) is 13.1 Å². The molecule has 1 N–H and O–H groups in total. The largest absolute Gasteiger partial charge is 0.348 e. The second-order valence-electron chi connectivity index (χ2n) is 7.25. The first kappa shape index (κ1) is 24.2. The maximum atomic E-state index is 13.8. The van der Waals surface area contributed by atoms with Crippen LogP contribution in [0.4, 0.5) is 8.78 Å². The van der Waals surface area contributed by atoms with Crippen LogP contribution in [0.5, 0.6) is 0 Å². The molecule has 0 fully saturated rings. The topological polar surface area (TPSA) is 74.7 Å². The van der Waals surface area contributed by atoms with Crippen molar-refractivity contribution >= 4 is 35.4 Å². The van der Waals surface area contributed by atoms with Crippen molar-refractivity contribution in [2.24, 2.45) is 0 Å². The second kappa shape index (κ2) is 10.5. The van der Waals surface area contributed by atoms with E-state index in [0.717, 1.165) is 16.2 Å². The quantitative estimate of drug-likeness (QED) is 0.583. The van der Waals surface area contributed by atoms with Gasteiger partial charge >= 0.3 is 0 Å². The van der Waals surface area contributed by atoms with Gasteiger partial charge in [-0.15, -0.1) is 0 Å². The normalized spacial score (nSPS) is 13.6. The van der Waals surface area contributed by atoms with E-state index in [1.165, 1.54) is 16.8 Å². The van der Waals surface area contributed by atoms with Crippen molar-refractivity contribution < 1.29 is 18.4 Å². The summed E-state index contributed by atoms with van der Waals surface area (Å²) in [7, 11) is 1.86. The average Bonchev–Trinajstić information content (AvgIpc) is 2.78. The van der Waals surface area contributed by atoms with Gasteiger partial charge < -0.3 is 14.8 Å². The molecule has 0 unspecified atom stereocenters. The van der Waals surface area contributed by atoms with Crippen LogP contribution in [0.25, 0.3) is 0 Å². The molecule has 172 valence electrons. The lowest BCUT2D eigenvalue weighted by atomic mass is 10.1. The highest BCUT2D eigenvalue weighted by Gasteiger charge is 2.33. The number of amides is 2. The fourth-order valence-electron chi connectivity index (χ4n) is 3.39. The zero-order chi connectivity index (χ0) is 23.4. The van der Waals surface area contributed by atoms with Crippen LogP contribution >= 0.6 is 23.5 Å². The predicted octanol–water partition coefficient (Wildman–Crippen LogP) is 3.03. The molecule has 7 nitrogen and oxygen atoms in total. The number of carbonyl (C=O) groups excluding carboxylic acids is 2. The van der Waals surface area contributed by atoms with Gasteiger partial charge in [-0.25, -0.2) is 8.78 Å². The van der Waals surface area contributed by atoms with Gasteiger partial charge in [-0.1, -0.05) is 35.7 Å². The second-order valence-corrected chi connectivity index (χ2v) is 8.68. The number of fused-ring (bicyclic) bond motifs is 1. The molecule has 0 radical (unpaired) electrons. The van der Waals surface area contributed by atoms with Gasteiger partial charge in [0.1, 0.15) is 11.3 Å². The lowest BCUT2D eigenvalue weighted by Crippen LogP contribution is -2.48. The van der Waals surface area contributed by atoms with Gasteiger partial charge in [0.15, 0.2) is 0 Å². The summed E-state index contributed by atoms with van der Waals surface area (Å²) >= 11 is 7.32. The lowest BCUT2D eigenvalue weighted by Gasteiger charge is -2.32. The van der Waals surface area contributed by atoms with Crippen LogP contribution in [0.1, 0.15) is 38.4 Å². The minimum absolute atomic E-state index is 0.0426. The van der Waals surface area contributed by atoms with Crippen molar-refractivity contribution in [3.8, 4) is 0 Å². The SMILES string of the molecule is CSN(C)CCN1CCn2c(c(C(F)F)cc(C(=O)NCc3ccc(Cl)cc3)c2=O)C1=O. The molecule has 2 heterocycles. The summed E-state index contributed by atoms with van der Waals surface area (Å²) in [6.45, 7) is 1.23. The molecular formula is C21H23ClF2N4O3S. The van der Waals surface area contributed by atoms with E-state index in [2.05, 4.69) is 5.32 Å². The number of hydrogen-bond acceptors (Lipinski definition) is 5. The van der Waals surface area contributed by atoms with Crippen LogP contribution in [0, 0.1) is 0 Å². The van der Waals surface area contributed by atoms with Crippen LogP contribution < -0.4 is 10.9 Å². The Morgan fingerprint density at radius 1 is 1.25 bits per heavy atom. The van der Waals surface area contributed by atoms with Crippen molar-refractivity contribution in [2.75, 3.05) is 32.9 Å². The van der Waals surface area contributed by atoms with Gasteiger partial charge in [-0.2, -0.15) is 0 Å². The highest BCUT2D eigenvalue weighted by molar-refractivity contribution is 7.96. The maximum Gasteiger partial charge on any atom is 0.271 e. The average molecular weight is 485 g/mol. The molecule has 11 heteroatoms. The predicted molar refractivity (Wildman–Crippen MR) is 120 cm³/mol. The standard InChI is InChI=1S/C21H23ClF2N4O3S/c1-26(32-2)7-8-27-9-10-28-17(21(27)31)15(18(23)24)11-16(20(28)30)19(29)25-12-13-3-5-14(22)6-4-13/h3-6,11,18H,7-10,12H2,1-2H3,(H,25,29). The van der Waals surface area contributed by atoms with Gasteiger partial charge in [0, 0.05) is 43.3 Å². The molecule has 0 spiro atoms. The molecule has 1 aliphatic rings. The third kappa shape index (κ3) is 5.31. The minimum atomic E-state index is -3.02. The van der Waals surface area contributed by atoms with Crippen LogP contribution in [0.2, 0.25) is 5.02 Å². The first-order chi connectivity index (χ1) is 15.2. The number of likely N-dealkylation sites (N-methyl/N-ethyl adjacent to an activating group) is 1. The summed E-state index contributed by atoms with van der Waals surface area (Å²) in [4.78, 5) is 39.9. The van der Waals surface area contributed by atoms with Gasteiger partial charge in [-0.3, -0.25) is 18.7 Å². The lowest BCUT2D eigenvalue weighted by molar-refractivity contribution is 0.0676. The Morgan fingerprint density at radius 2 is 1.94 bits per heavy atom. The molecule has 0 saturated carbocycles. The van der Waals surface area contributed by atoms with Crippen molar-refractivity contribution in [2.45, 2.75) is 19.5 Å². The number of pyridine rings is 1. The first-order valence-electron chi connectivity index (χ1n) is 9.86. The zero-order valence-corrected chi connectivity index (χ0v) is 19.2. The fraction of sp³-hybridized carbons (Fsp3) is 0.381. The summed E-state index contributed by atoms with van der Waals surface area (Å²) < 4.78 is 30.6. The number of nitrogens with zero attached hydrogens (tertiary/aromatic N) is 3. The molecular weight excluding hydrogens is 462 g/mol. The van der Waals surface area contributed by atoms with Crippen LogP contribution in [-0.4, -0.2) is 58.5 Å². The first-order valence-corrected chi connectivity index (χ1v) is 11.4. The van der Waals surface area contributed by atoms with E-state index in [1.54, 1.807) is 24.3 Å². The maximum absolute atomic E-state index is 13.8. The molecule has 0 bridgehead atoms. The summed E-state index contributed by atoms with van der Waals surface area (Å²) in [5.74, 6) is -1.41. The van der Waals surface area contributed by atoms with Gasteiger partial charge in [0.2, 0.25) is 0 Å². The van der Waals surface area contributed by atoms with E-state index < -0.39 is 34.9 Å². The summed E-state index contributed by atoms with van der Waals surface area (Å²) in [6, 6.07) is 7.55. The molecule has 2 aromatic rings. The van der Waals surface area contributed by atoms with Crippen LogP contribution in [0.15, 0.2) is 35.1 Å². The number of halogens is 3. The van der Waals surface area contributed by atoms with E-state index in [4.69, 9.17) is 11.6 Å². The summed E-state index contributed by atoms with van der Waals surface area (Å²) in [5.41, 5.74) is -1.41. The van der Waals surface area contributed by atoms with E-state index >= 15 is 0 Å². The molecule has 32 heavy (non-hydrogen) atoms. The number of hydrogen-bond donors (Lipinski definition) is 1. The highest BCUT2D eigenvalue weighted by Crippen LogP contribution is 2.26. The highest BCUT2D eigenvalue weighted by atomic mass is 35.5. The third-order valence-electron chi connectivity index (χ3n) is 5.24. The number of rotatable bonds is 8. The Kier molecular flexibility index (Phi) is 7.91. The van der Waals surface area contributed by atoms with Crippen LogP contribution in [0.3, 0.4) is 0 Å². The Labute approximate surface area is 193 Å². The number of nitrogens with one attached hydrogen (secondary N) is 1. The fourth-order valence-corrected chi connectivity index (χ4v) is 3.78. The Bertz CT molecular complexity index is 1060. The monoisotopic (exact) mass is 484 g/mol. The van der Waals surface area contributed by atoms with Crippen molar-refractivity contribution in [1.29, 1.82) is 0 Å². The number of alkyl halides is 2. The Balaban J connectivity index is 1.87. The molecule has 0 saturated heterocycles. The van der Waals surface area contributed by atoms with Gasteiger partial charge in [0.25, 0.3) is 23.8 Å². The van der Waals surface area contributed by atoms with E-state index in [1.807, 2.05) is 17.6 Å². The van der Waals surface area contributed by atoms with Crippen molar-refractivity contribution in [3.05, 3.63) is 68.1 Å². The van der Waals surface area contributed by atoms with Gasteiger partial charge in [0.05, 0.1) is 0 Å².